The molecule has 1 atom stereocenters. The molecule has 0 saturated heterocycles. The van der Waals surface area contributed by atoms with E-state index in [0.717, 1.165) is 15.6 Å². The van der Waals surface area contributed by atoms with Crippen molar-refractivity contribution in [2.75, 3.05) is 13.2 Å². The van der Waals surface area contributed by atoms with Gasteiger partial charge in [0.25, 0.3) is 0 Å². The van der Waals surface area contributed by atoms with Crippen molar-refractivity contribution < 1.29 is 14.6 Å². The molecule has 6 heteroatoms. The lowest BCUT2D eigenvalue weighted by Crippen LogP contribution is -2.44. The van der Waals surface area contributed by atoms with Crippen molar-refractivity contribution in [3.63, 3.8) is 0 Å². The molecular formula is C17H28ClNO3S. The number of aliphatic hydroxyl groups excluding tert-OH is 1. The molecule has 0 aromatic carbocycles. The maximum Gasteiger partial charge on any atom is 0.407 e. The summed E-state index contributed by atoms with van der Waals surface area (Å²) in [7, 11) is 0. The number of nitrogens with one attached hydrogen (secondary N) is 1. The minimum Gasteiger partial charge on any atom is -0.444 e. The Morgan fingerprint density at radius 1 is 1.39 bits per heavy atom. The monoisotopic (exact) mass is 361 g/mol. The zero-order valence-corrected chi connectivity index (χ0v) is 16.2. The lowest BCUT2D eigenvalue weighted by atomic mass is 9.77. The first-order valence-electron chi connectivity index (χ1n) is 7.87. The number of carbonyl (C=O) groups is 1. The van der Waals surface area contributed by atoms with Crippen LogP contribution in [0.1, 0.15) is 45.9 Å². The van der Waals surface area contributed by atoms with E-state index in [1.807, 2.05) is 32.9 Å². The first kappa shape index (κ1) is 20.3. The van der Waals surface area contributed by atoms with Gasteiger partial charge in [0, 0.05) is 16.8 Å². The summed E-state index contributed by atoms with van der Waals surface area (Å²) in [5.41, 5.74) is -0.954. The van der Waals surface area contributed by atoms with E-state index in [0.29, 0.717) is 18.9 Å². The number of alkyl carbamates (subject to hydrolysis) is 1. The molecule has 0 aliphatic rings. The molecule has 1 unspecified atom stereocenters. The molecule has 1 aromatic rings. The molecule has 23 heavy (non-hydrogen) atoms. The Labute approximate surface area is 148 Å². The molecule has 0 radical (unpaired) electrons. The molecule has 0 saturated carbocycles. The molecule has 0 bridgehead atoms. The van der Waals surface area contributed by atoms with Crippen molar-refractivity contribution in [3.05, 3.63) is 21.3 Å². The van der Waals surface area contributed by atoms with Gasteiger partial charge in [-0.25, -0.2) is 4.79 Å². The van der Waals surface area contributed by atoms with Crippen molar-refractivity contribution >= 4 is 29.0 Å². The molecule has 2 N–H and O–H groups in total. The third kappa shape index (κ3) is 7.55. The van der Waals surface area contributed by atoms with Crippen molar-refractivity contribution in [1.29, 1.82) is 0 Å². The zero-order valence-electron chi connectivity index (χ0n) is 14.6. The van der Waals surface area contributed by atoms with Gasteiger partial charge in [0.15, 0.2) is 0 Å². The largest absolute Gasteiger partial charge is 0.444 e. The summed E-state index contributed by atoms with van der Waals surface area (Å²) in [4.78, 5) is 13.0. The van der Waals surface area contributed by atoms with Crippen molar-refractivity contribution in [2.45, 2.75) is 53.1 Å². The summed E-state index contributed by atoms with van der Waals surface area (Å²) in [6.07, 6.45) is 1.02. The van der Waals surface area contributed by atoms with Gasteiger partial charge in [0.2, 0.25) is 0 Å². The Hall–Kier alpha value is -0.780. The third-order valence-corrected chi connectivity index (χ3v) is 4.59. The van der Waals surface area contributed by atoms with Gasteiger partial charge in [-0.1, -0.05) is 25.4 Å². The van der Waals surface area contributed by atoms with Crippen LogP contribution in [-0.4, -0.2) is 30.0 Å². The molecule has 0 fully saturated rings. The Morgan fingerprint density at radius 2 is 2.04 bits per heavy atom. The summed E-state index contributed by atoms with van der Waals surface area (Å²) in [5.74, 6) is 0.401. The number of thiophene rings is 1. The average Bonchev–Trinajstić information content (AvgIpc) is 2.78. The fourth-order valence-corrected chi connectivity index (χ4v) is 3.90. The normalized spacial score (nSPS) is 14.6. The van der Waals surface area contributed by atoms with E-state index in [2.05, 4.69) is 19.2 Å². The Kier molecular flexibility index (Phi) is 7.36. The highest BCUT2D eigenvalue weighted by atomic mass is 35.5. The molecule has 0 spiro atoms. The molecule has 1 aromatic heterocycles. The van der Waals surface area contributed by atoms with Gasteiger partial charge in [0.05, 0.1) is 10.9 Å². The van der Waals surface area contributed by atoms with Crippen LogP contribution in [0.2, 0.25) is 4.34 Å². The first-order chi connectivity index (χ1) is 10.6. The number of aliphatic hydroxyl groups is 1. The SMILES string of the molecule is CC(C)CC(CO)(CNC(=O)OC(C)(C)C)Cc1ccc(Cl)s1. The minimum absolute atomic E-state index is 0.00348. The van der Waals surface area contributed by atoms with Crippen LogP contribution in [-0.2, 0) is 11.2 Å². The minimum atomic E-state index is -0.536. The Morgan fingerprint density at radius 3 is 2.48 bits per heavy atom. The quantitative estimate of drug-likeness (QED) is 0.752. The van der Waals surface area contributed by atoms with Crippen molar-refractivity contribution in [1.82, 2.24) is 5.32 Å². The second-order valence-corrected chi connectivity index (χ2v) is 9.29. The number of amides is 1. The lowest BCUT2D eigenvalue weighted by molar-refractivity contribution is 0.0441. The van der Waals surface area contributed by atoms with Gasteiger partial charge in [-0.2, -0.15) is 0 Å². The van der Waals surface area contributed by atoms with Crippen LogP contribution in [0, 0.1) is 11.3 Å². The van der Waals surface area contributed by atoms with Crippen LogP contribution < -0.4 is 5.32 Å². The van der Waals surface area contributed by atoms with Crippen LogP contribution in [0.5, 0.6) is 0 Å². The smallest absolute Gasteiger partial charge is 0.407 e. The standard InChI is InChI=1S/C17H28ClNO3S/c1-12(2)8-17(11-20,9-13-6-7-14(18)23-13)10-19-15(21)22-16(3,4)5/h6-7,12,20H,8-11H2,1-5H3,(H,19,21). The predicted octanol–water partition coefficient (Wildman–Crippen LogP) is 4.49. The molecule has 132 valence electrons. The fourth-order valence-electron chi connectivity index (χ4n) is 2.64. The summed E-state index contributed by atoms with van der Waals surface area (Å²) in [6.45, 7) is 10.1. The second-order valence-electron chi connectivity index (χ2n) is 7.49. The summed E-state index contributed by atoms with van der Waals surface area (Å²) >= 11 is 7.52. The van der Waals surface area contributed by atoms with Crippen molar-refractivity contribution in [2.24, 2.45) is 11.3 Å². The lowest BCUT2D eigenvalue weighted by Gasteiger charge is -2.34. The van der Waals surface area contributed by atoms with Gasteiger partial charge in [-0.05, 0) is 51.7 Å². The van der Waals surface area contributed by atoms with E-state index >= 15 is 0 Å². The van der Waals surface area contributed by atoms with Crippen LogP contribution >= 0.6 is 22.9 Å². The van der Waals surface area contributed by atoms with Crippen LogP contribution in [0.4, 0.5) is 4.79 Å². The highest BCUT2D eigenvalue weighted by Gasteiger charge is 2.32. The van der Waals surface area contributed by atoms with E-state index < -0.39 is 17.1 Å². The van der Waals surface area contributed by atoms with E-state index in [1.165, 1.54) is 11.3 Å². The molecule has 0 aliphatic heterocycles. The van der Waals surface area contributed by atoms with Gasteiger partial charge in [-0.3, -0.25) is 0 Å². The highest BCUT2D eigenvalue weighted by molar-refractivity contribution is 7.16. The third-order valence-electron chi connectivity index (χ3n) is 3.36. The number of rotatable bonds is 7. The molecular weight excluding hydrogens is 334 g/mol. The summed E-state index contributed by atoms with van der Waals surface area (Å²) in [6, 6.07) is 3.84. The van der Waals surface area contributed by atoms with Gasteiger partial charge in [0.1, 0.15) is 5.60 Å². The Bertz CT molecular complexity index is 510. The van der Waals surface area contributed by atoms with E-state index in [1.54, 1.807) is 0 Å². The predicted molar refractivity (Wildman–Crippen MR) is 96.2 cm³/mol. The second kappa shape index (κ2) is 8.36. The highest BCUT2D eigenvalue weighted by Crippen LogP contribution is 2.33. The van der Waals surface area contributed by atoms with Crippen LogP contribution in [0.15, 0.2) is 12.1 Å². The maximum absolute atomic E-state index is 11.9. The first-order valence-corrected chi connectivity index (χ1v) is 9.07. The maximum atomic E-state index is 11.9. The van der Waals surface area contributed by atoms with Crippen LogP contribution in [0.25, 0.3) is 0 Å². The molecule has 0 aliphatic carbocycles. The summed E-state index contributed by atoms with van der Waals surface area (Å²) in [5, 5.41) is 12.8. The zero-order chi connectivity index (χ0) is 17.7. The van der Waals surface area contributed by atoms with Crippen molar-refractivity contribution in [3.8, 4) is 0 Å². The topological polar surface area (TPSA) is 58.6 Å². The number of hydrogen-bond acceptors (Lipinski definition) is 4. The number of carbonyl (C=O) groups excluding carboxylic acids is 1. The fraction of sp³-hybridized carbons (Fsp3) is 0.706. The van der Waals surface area contributed by atoms with Gasteiger partial charge < -0.3 is 15.2 Å². The van der Waals surface area contributed by atoms with Gasteiger partial charge >= 0.3 is 6.09 Å². The average molecular weight is 362 g/mol. The van der Waals surface area contributed by atoms with E-state index in [9.17, 15) is 9.90 Å². The van der Waals surface area contributed by atoms with E-state index in [-0.39, 0.29) is 6.61 Å². The molecule has 1 rings (SSSR count). The number of ether oxygens (including phenoxy) is 1. The Balaban J connectivity index is 2.80. The number of hydrogen-bond donors (Lipinski definition) is 2. The van der Waals surface area contributed by atoms with Gasteiger partial charge in [-0.15, -0.1) is 11.3 Å². The molecule has 1 heterocycles. The van der Waals surface area contributed by atoms with E-state index in [4.69, 9.17) is 16.3 Å². The molecule has 1 amide bonds. The summed E-state index contributed by atoms with van der Waals surface area (Å²) < 4.78 is 6.02. The number of halogens is 1. The molecule has 4 nitrogen and oxygen atoms in total. The van der Waals surface area contributed by atoms with Crippen LogP contribution in [0.3, 0.4) is 0 Å².